The number of nitrogens with zero attached hydrogens (tertiary/aromatic N) is 2. The van der Waals surface area contributed by atoms with E-state index < -0.39 is 5.97 Å². The number of carboxylic acid groups (broad SMARTS) is 1. The highest BCUT2D eigenvalue weighted by Crippen LogP contribution is 2.14. The zero-order valence-corrected chi connectivity index (χ0v) is 11.7. The minimum absolute atomic E-state index is 0.0278. The van der Waals surface area contributed by atoms with Crippen LogP contribution in [0, 0.1) is 13.8 Å². The molecule has 0 bridgehead atoms. The molecule has 0 aliphatic heterocycles. The monoisotopic (exact) mass is 270 g/mol. The van der Waals surface area contributed by atoms with E-state index in [2.05, 4.69) is 5.10 Å². The van der Waals surface area contributed by atoms with Gasteiger partial charge >= 0.3 is 5.97 Å². The van der Waals surface area contributed by atoms with Crippen molar-refractivity contribution in [3.63, 3.8) is 0 Å². The highest BCUT2D eigenvalue weighted by atomic mass is 16.4. The van der Waals surface area contributed by atoms with E-state index in [-0.39, 0.29) is 6.42 Å². The molecule has 1 aromatic heterocycles. The Labute approximate surface area is 118 Å². The summed E-state index contributed by atoms with van der Waals surface area (Å²) in [4.78, 5) is 10.8. The van der Waals surface area contributed by atoms with E-state index in [1.807, 2.05) is 61.0 Å². The van der Waals surface area contributed by atoms with Crippen molar-refractivity contribution in [3.8, 4) is 0 Å². The lowest BCUT2D eigenvalue weighted by Crippen LogP contribution is -2.04. The zero-order valence-electron chi connectivity index (χ0n) is 11.7. The van der Waals surface area contributed by atoms with E-state index in [1.54, 1.807) is 0 Å². The maximum absolute atomic E-state index is 10.8. The second-order valence-electron chi connectivity index (χ2n) is 4.72. The Morgan fingerprint density at radius 1 is 1.30 bits per heavy atom. The van der Waals surface area contributed by atoms with Gasteiger partial charge in [-0.1, -0.05) is 42.5 Å². The van der Waals surface area contributed by atoms with Crippen molar-refractivity contribution in [3.05, 3.63) is 58.9 Å². The fourth-order valence-corrected chi connectivity index (χ4v) is 2.17. The van der Waals surface area contributed by atoms with Crippen LogP contribution in [0.1, 0.15) is 22.5 Å². The van der Waals surface area contributed by atoms with Gasteiger partial charge in [0.25, 0.3) is 0 Å². The molecular weight excluding hydrogens is 252 g/mol. The minimum Gasteiger partial charge on any atom is -0.481 e. The molecule has 1 aromatic carbocycles. The van der Waals surface area contributed by atoms with Crippen LogP contribution in [0.15, 0.2) is 36.4 Å². The fraction of sp³-hybridized carbons (Fsp3) is 0.250. The van der Waals surface area contributed by atoms with E-state index in [0.29, 0.717) is 6.54 Å². The molecule has 1 heterocycles. The van der Waals surface area contributed by atoms with E-state index in [9.17, 15) is 4.79 Å². The lowest BCUT2D eigenvalue weighted by molar-refractivity contribution is -0.136. The number of carbonyl (C=O) groups is 1. The zero-order chi connectivity index (χ0) is 14.5. The molecule has 0 atom stereocenters. The number of benzene rings is 1. The molecule has 0 fully saturated rings. The number of hydrogen-bond acceptors (Lipinski definition) is 2. The smallest absolute Gasteiger partial charge is 0.307 e. The number of allylic oxidation sites excluding steroid dienone is 1. The summed E-state index contributed by atoms with van der Waals surface area (Å²) in [6, 6.07) is 10.0. The standard InChI is InChI=1S/C16H18N2O2/c1-12-15(11-16(19)20)13(2)18(17-12)10-6-9-14-7-4-3-5-8-14/h3-9H,10-11H2,1-2H3,(H,19,20). The third kappa shape index (κ3) is 3.35. The number of hydrogen-bond donors (Lipinski definition) is 1. The second kappa shape index (κ2) is 6.19. The quantitative estimate of drug-likeness (QED) is 0.909. The van der Waals surface area contributed by atoms with Gasteiger partial charge in [0.05, 0.1) is 18.7 Å². The van der Waals surface area contributed by atoms with Crippen LogP contribution in [-0.4, -0.2) is 20.9 Å². The van der Waals surface area contributed by atoms with Crippen LogP contribution in [0.25, 0.3) is 6.08 Å². The van der Waals surface area contributed by atoms with Crippen LogP contribution in [-0.2, 0) is 17.8 Å². The molecule has 0 aliphatic carbocycles. The van der Waals surface area contributed by atoms with E-state index in [0.717, 1.165) is 22.5 Å². The number of aliphatic carboxylic acids is 1. The summed E-state index contributed by atoms with van der Waals surface area (Å²) in [6.45, 7) is 4.40. The largest absolute Gasteiger partial charge is 0.481 e. The van der Waals surface area contributed by atoms with Gasteiger partial charge in [0.15, 0.2) is 0 Å². The molecule has 4 nitrogen and oxygen atoms in total. The summed E-state index contributed by atoms with van der Waals surface area (Å²) < 4.78 is 1.84. The molecule has 4 heteroatoms. The number of rotatable bonds is 5. The minimum atomic E-state index is -0.824. The van der Waals surface area contributed by atoms with Gasteiger partial charge < -0.3 is 5.11 Å². The van der Waals surface area contributed by atoms with Gasteiger partial charge in [-0.15, -0.1) is 0 Å². The molecule has 0 saturated carbocycles. The third-order valence-electron chi connectivity index (χ3n) is 3.25. The normalized spacial score (nSPS) is 11.1. The highest BCUT2D eigenvalue weighted by Gasteiger charge is 2.13. The van der Waals surface area contributed by atoms with Crippen LogP contribution in [0.5, 0.6) is 0 Å². The van der Waals surface area contributed by atoms with Crippen molar-refractivity contribution < 1.29 is 9.90 Å². The molecule has 1 N–H and O–H groups in total. The van der Waals surface area contributed by atoms with Crippen LogP contribution in [0.2, 0.25) is 0 Å². The summed E-state index contributed by atoms with van der Waals surface area (Å²) in [7, 11) is 0. The van der Waals surface area contributed by atoms with Gasteiger partial charge in [0.1, 0.15) is 0 Å². The molecule has 0 aliphatic rings. The molecule has 104 valence electrons. The first-order valence-electron chi connectivity index (χ1n) is 6.54. The van der Waals surface area contributed by atoms with Crippen molar-refractivity contribution in [1.29, 1.82) is 0 Å². The van der Waals surface area contributed by atoms with Gasteiger partial charge in [-0.25, -0.2) is 0 Å². The average molecular weight is 270 g/mol. The molecule has 20 heavy (non-hydrogen) atoms. The van der Waals surface area contributed by atoms with E-state index in [4.69, 9.17) is 5.11 Å². The highest BCUT2D eigenvalue weighted by molar-refractivity contribution is 5.70. The lowest BCUT2D eigenvalue weighted by Gasteiger charge is -2.01. The lowest BCUT2D eigenvalue weighted by atomic mass is 10.1. The first kappa shape index (κ1) is 14.1. The Hall–Kier alpha value is -2.36. The number of carboxylic acids is 1. The van der Waals surface area contributed by atoms with Crippen LogP contribution in [0.3, 0.4) is 0 Å². The Kier molecular flexibility index (Phi) is 4.35. The Morgan fingerprint density at radius 2 is 2.00 bits per heavy atom. The molecule has 2 aromatic rings. The van der Waals surface area contributed by atoms with Crippen molar-refractivity contribution in [2.24, 2.45) is 0 Å². The van der Waals surface area contributed by atoms with Crippen molar-refractivity contribution in [1.82, 2.24) is 9.78 Å². The van der Waals surface area contributed by atoms with E-state index >= 15 is 0 Å². The molecule has 2 rings (SSSR count). The second-order valence-corrected chi connectivity index (χ2v) is 4.72. The Balaban J connectivity index is 2.11. The summed E-state index contributed by atoms with van der Waals surface area (Å²) in [5.74, 6) is -0.824. The van der Waals surface area contributed by atoms with Gasteiger partial charge in [0.2, 0.25) is 0 Å². The number of aromatic nitrogens is 2. The Bertz CT molecular complexity index is 627. The third-order valence-corrected chi connectivity index (χ3v) is 3.25. The molecule has 0 unspecified atom stereocenters. The molecule has 0 spiro atoms. The summed E-state index contributed by atoms with van der Waals surface area (Å²) >= 11 is 0. The van der Waals surface area contributed by atoms with Gasteiger partial charge in [-0.3, -0.25) is 9.48 Å². The van der Waals surface area contributed by atoms with Gasteiger partial charge in [-0.2, -0.15) is 5.10 Å². The number of aryl methyl sites for hydroxylation is 1. The maximum atomic E-state index is 10.8. The average Bonchev–Trinajstić information content (AvgIpc) is 2.67. The van der Waals surface area contributed by atoms with Crippen LogP contribution in [0.4, 0.5) is 0 Å². The van der Waals surface area contributed by atoms with Crippen LogP contribution < -0.4 is 0 Å². The summed E-state index contributed by atoms with van der Waals surface area (Å²) in [6.07, 6.45) is 4.09. The molecular formula is C16H18N2O2. The molecule has 0 amide bonds. The van der Waals surface area contributed by atoms with Gasteiger partial charge in [-0.05, 0) is 19.4 Å². The topological polar surface area (TPSA) is 55.1 Å². The maximum Gasteiger partial charge on any atom is 0.307 e. The fourth-order valence-electron chi connectivity index (χ4n) is 2.17. The molecule has 0 radical (unpaired) electrons. The van der Waals surface area contributed by atoms with Crippen LogP contribution >= 0.6 is 0 Å². The predicted molar refractivity (Wildman–Crippen MR) is 78.5 cm³/mol. The van der Waals surface area contributed by atoms with Crippen molar-refractivity contribution >= 4 is 12.0 Å². The first-order valence-corrected chi connectivity index (χ1v) is 6.54. The SMILES string of the molecule is Cc1nn(CC=Cc2ccccc2)c(C)c1CC(=O)O. The first-order chi connectivity index (χ1) is 9.58. The van der Waals surface area contributed by atoms with E-state index in [1.165, 1.54) is 0 Å². The predicted octanol–water partition coefficient (Wildman–Crippen LogP) is 2.84. The molecule has 0 saturated heterocycles. The van der Waals surface area contributed by atoms with Crippen molar-refractivity contribution in [2.45, 2.75) is 26.8 Å². The van der Waals surface area contributed by atoms with Crippen molar-refractivity contribution in [2.75, 3.05) is 0 Å². The summed E-state index contributed by atoms with van der Waals surface area (Å²) in [5.41, 5.74) is 3.66. The summed E-state index contributed by atoms with van der Waals surface area (Å²) in [5, 5.41) is 13.3. The Morgan fingerprint density at radius 3 is 2.65 bits per heavy atom. The van der Waals surface area contributed by atoms with Gasteiger partial charge in [0, 0.05) is 11.3 Å².